The number of rotatable bonds is 3. The molecule has 0 N–H and O–H groups in total. The monoisotopic (exact) mass is 310 g/mol. The van der Waals surface area contributed by atoms with Gasteiger partial charge in [-0.3, -0.25) is 0 Å². The first kappa shape index (κ1) is 15.6. The third-order valence-corrected chi connectivity index (χ3v) is 6.18. The van der Waals surface area contributed by atoms with E-state index >= 15 is 0 Å². The summed E-state index contributed by atoms with van der Waals surface area (Å²) in [4.78, 5) is 0. The van der Waals surface area contributed by atoms with Crippen LogP contribution in [0.25, 0.3) is 0 Å². The summed E-state index contributed by atoms with van der Waals surface area (Å²) in [5.74, 6) is 0.106. The lowest BCUT2D eigenvalue weighted by Crippen LogP contribution is -2.55. The normalized spacial score (nSPS) is 24.3. The van der Waals surface area contributed by atoms with Crippen LogP contribution in [0.2, 0.25) is 0 Å². The molecule has 0 amide bonds. The van der Waals surface area contributed by atoms with Crippen LogP contribution >= 0.6 is 8.38 Å². The number of alkyl halides is 3. The maximum Gasteiger partial charge on any atom is 0.435 e. The lowest BCUT2D eigenvalue weighted by molar-refractivity contribution is -0.141. The number of hydrogen-bond acceptors (Lipinski definition) is 3. The van der Waals surface area contributed by atoms with Gasteiger partial charge in [-0.15, -0.1) is 0 Å². The lowest BCUT2D eigenvalue weighted by Gasteiger charge is -2.55. The summed E-state index contributed by atoms with van der Waals surface area (Å²) in [5, 5.41) is 3.28. The van der Waals surface area contributed by atoms with Gasteiger partial charge in [-0.1, -0.05) is 0 Å². The van der Waals surface area contributed by atoms with Gasteiger partial charge in [0.1, 0.15) is 0 Å². The van der Waals surface area contributed by atoms with E-state index in [0.29, 0.717) is 6.54 Å². The third-order valence-electron chi connectivity index (χ3n) is 3.75. The van der Waals surface area contributed by atoms with Crippen molar-refractivity contribution in [2.24, 2.45) is 0 Å². The van der Waals surface area contributed by atoms with Crippen LogP contribution < -0.4 is 4.52 Å². The molecule has 114 valence electrons. The predicted octanol–water partition coefficient (Wildman–Crippen LogP) is 4.20. The minimum Gasteiger partial charge on any atom is -0.429 e. The molecule has 1 aromatic rings. The van der Waals surface area contributed by atoms with Gasteiger partial charge in [0.2, 0.25) is 14.3 Å². The van der Waals surface area contributed by atoms with E-state index in [0.717, 1.165) is 6.07 Å². The summed E-state index contributed by atoms with van der Waals surface area (Å²) in [6.07, 6.45) is -4.47. The average Bonchev–Trinajstić information content (AvgIpc) is 2.71. The van der Waals surface area contributed by atoms with Crippen LogP contribution in [0.1, 0.15) is 40.3 Å². The van der Waals surface area contributed by atoms with E-state index < -0.39 is 20.2 Å². The number of nitrogens with zero attached hydrogens (tertiary/aromatic N) is 2. The minimum atomic E-state index is -4.47. The zero-order valence-electron chi connectivity index (χ0n) is 12.1. The molecule has 0 spiro atoms. The maximum absolute atomic E-state index is 12.7. The molecule has 0 aliphatic carbocycles. The molecule has 1 aliphatic rings. The van der Waals surface area contributed by atoms with Gasteiger partial charge in [0.25, 0.3) is 0 Å². The Balaban J connectivity index is 2.21. The Morgan fingerprint density at radius 2 is 1.95 bits per heavy atom. The SMILES string of the molecule is CCn1nc(C(F)(F)F)cc1OP1OC(C)(C)C1(C)C. The zero-order valence-corrected chi connectivity index (χ0v) is 13.0. The van der Waals surface area contributed by atoms with Crippen LogP contribution in [-0.4, -0.2) is 20.5 Å². The van der Waals surface area contributed by atoms with Crippen LogP contribution in [0, 0.1) is 0 Å². The molecule has 1 unspecified atom stereocenters. The van der Waals surface area contributed by atoms with E-state index in [1.54, 1.807) is 6.92 Å². The van der Waals surface area contributed by atoms with Crippen molar-refractivity contribution in [1.82, 2.24) is 9.78 Å². The quantitative estimate of drug-likeness (QED) is 0.785. The summed E-state index contributed by atoms with van der Waals surface area (Å²) < 4.78 is 50.5. The van der Waals surface area contributed by atoms with Crippen LogP contribution in [0.4, 0.5) is 13.2 Å². The highest BCUT2D eigenvalue weighted by Gasteiger charge is 2.59. The second kappa shape index (κ2) is 4.60. The highest BCUT2D eigenvalue weighted by atomic mass is 31.2. The van der Waals surface area contributed by atoms with Crippen molar-refractivity contribution in [3.63, 3.8) is 0 Å². The first-order valence-corrected chi connectivity index (χ1v) is 7.49. The molecule has 20 heavy (non-hydrogen) atoms. The van der Waals surface area contributed by atoms with Gasteiger partial charge in [0.05, 0.1) is 10.8 Å². The van der Waals surface area contributed by atoms with Gasteiger partial charge in [-0.25, -0.2) is 4.68 Å². The molecule has 1 saturated heterocycles. The Morgan fingerprint density at radius 3 is 2.35 bits per heavy atom. The van der Waals surface area contributed by atoms with Crippen LogP contribution in [0.3, 0.4) is 0 Å². The first-order chi connectivity index (χ1) is 8.99. The Morgan fingerprint density at radius 1 is 1.35 bits per heavy atom. The molecule has 0 aromatic carbocycles. The topological polar surface area (TPSA) is 36.3 Å². The molecule has 4 nitrogen and oxygen atoms in total. The van der Waals surface area contributed by atoms with Gasteiger partial charge >= 0.3 is 6.18 Å². The highest BCUT2D eigenvalue weighted by Crippen LogP contribution is 2.68. The third kappa shape index (κ3) is 2.42. The van der Waals surface area contributed by atoms with Gasteiger partial charge < -0.3 is 9.05 Å². The van der Waals surface area contributed by atoms with E-state index in [1.807, 2.05) is 27.7 Å². The van der Waals surface area contributed by atoms with Crippen molar-refractivity contribution in [2.45, 2.75) is 58.1 Å². The molecule has 1 fully saturated rings. The van der Waals surface area contributed by atoms with Crippen LogP contribution in [0.15, 0.2) is 6.07 Å². The largest absolute Gasteiger partial charge is 0.435 e. The molecule has 1 aromatic heterocycles. The van der Waals surface area contributed by atoms with E-state index in [1.165, 1.54) is 4.68 Å². The Bertz CT molecular complexity index is 511. The van der Waals surface area contributed by atoms with Gasteiger partial charge in [-0.05, 0) is 34.6 Å². The van der Waals surface area contributed by atoms with Crippen molar-refractivity contribution in [1.29, 1.82) is 0 Å². The van der Waals surface area contributed by atoms with E-state index in [9.17, 15) is 13.2 Å². The van der Waals surface area contributed by atoms with Gasteiger partial charge in [-0.2, -0.15) is 18.3 Å². The number of aromatic nitrogens is 2. The number of hydrogen-bond donors (Lipinski definition) is 0. The molecule has 1 atom stereocenters. The van der Waals surface area contributed by atoms with Crippen molar-refractivity contribution in [2.75, 3.05) is 0 Å². The fourth-order valence-corrected chi connectivity index (χ4v) is 3.48. The second-order valence-corrected chi connectivity index (χ2v) is 7.69. The molecule has 1 aliphatic heterocycles. The van der Waals surface area contributed by atoms with Gasteiger partial charge in [0, 0.05) is 12.6 Å². The first-order valence-electron chi connectivity index (χ1n) is 6.31. The molecular weight excluding hydrogens is 292 g/mol. The Kier molecular flexibility index (Phi) is 3.58. The molecular formula is C12H18F3N2O2P. The zero-order chi connectivity index (χ0) is 15.3. The molecule has 0 bridgehead atoms. The second-order valence-electron chi connectivity index (χ2n) is 5.69. The highest BCUT2D eigenvalue weighted by molar-refractivity contribution is 7.51. The van der Waals surface area contributed by atoms with Crippen LogP contribution in [0.5, 0.6) is 5.88 Å². The summed E-state index contributed by atoms with van der Waals surface area (Å²) >= 11 is 0. The standard InChI is InChI=1S/C12H18F3N2O2P/c1-6-17-9(7-8(16-17)12(13,14)15)18-20-11(4,5)10(2,3)19-20/h7H,6H2,1-5H3. The van der Waals surface area contributed by atoms with E-state index in [2.05, 4.69) is 5.10 Å². The van der Waals surface area contributed by atoms with Crippen molar-refractivity contribution < 1.29 is 22.2 Å². The molecule has 0 radical (unpaired) electrons. The number of halogens is 3. The van der Waals surface area contributed by atoms with E-state index in [-0.39, 0.29) is 16.6 Å². The van der Waals surface area contributed by atoms with Crippen molar-refractivity contribution >= 4 is 8.38 Å². The Labute approximate surface area is 117 Å². The summed E-state index contributed by atoms with van der Waals surface area (Å²) in [6, 6.07) is 0.927. The summed E-state index contributed by atoms with van der Waals surface area (Å²) in [5.41, 5.74) is -1.29. The van der Waals surface area contributed by atoms with Crippen LogP contribution in [-0.2, 0) is 17.2 Å². The predicted molar refractivity (Wildman–Crippen MR) is 69.7 cm³/mol. The molecule has 2 rings (SSSR count). The fourth-order valence-electron chi connectivity index (χ4n) is 1.67. The summed E-state index contributed by atoms with van der Waals surface area (Å²) in [7, 11) is -1.28. The summed E-state index contributed by atoms with van der Waals surface area (Å²) in [6.45, 7) is 9.86. The minimum absolute atomic E-state index is 0.106. The van der Waals surface area contributed by atoms with Crippen molar-refractivity contribution in [3.05, 3.63) is 11.8 Å². The lowest BCUT2D eigenvalue weighted by atomic mass is 9.93. The molecule has 2 heterocycles. The maximum atomic E-state index is 12.7. The number of aryl methyl sites for hydroxylation is 1. The smallest absolute Gasteiger partial charge is 0.429 e. The fraction of sp³-hybridized carbons (Fsp3) is 0.750. The Hall–Kier alpha value is -0.810. The van der Waals surface area contributed by atoms with E-state index in [4.69, 9.17) is 9.05 Å². The average molecular weight is 310 g/mol. The van der Waals surface area contributed by atoms with Crippen molar-refractivity contribution in [3.8, 4) is 5.88 Å². The molecule has 0 saturated carbocycles. The van der Waals surface area contributed by atoms with Gasteiger partial charge in [0.15, 0.2) is 5.69 Å². The molecule has 8 heteroatoms.